The fraction of sp³-hybridized carbons (Fsp3) is 0.880. The Hall–Kier alpha value is -0.850. The van der Waals surface area contributed by atoms with E-state index in [0.717, 1.165) is 37.5 Å². The Morgan fingerprint density at radius 3 is 2.39 bits per heavy atom. The molecule has 0 radical (unpaired) electrons. The lowest BCUT2D eigenvalue weighted by atomic mass is 9.44. The lowest BCUT2D eigenvalue weighted by molar-refractivity contribution is -0.144. The number of ketones is 1. The van der Waals surface area contributed by atoms with Crippen molar-refractivity contribution in [2.45, 2.75) is 97.2 Å². The van der Waals surface area contributed by atoms with Gasteiger partial charge in [-0.1, -0.05) is 25.7 Å². The monoisotopic (exact) mass is 386 g/mol. The molecule has 0 unspecified atom stereocenters. The number of hydrogen-bond acceptors (Lipinski definition) is 3. The summed E-state index contributed by atoms with van der Waals surface area (Å²) in [5.41, 5.74) is -0.421. The number of aliphatic hydroxyl groups is 2. The van der Waals surface area contributed by atoms with E-state index in [9.17, 15) is 15.0 Å². The van der Waals surface area contributed by atoms with Crippen LogP contribution in [0.15, 0.2) is 0 Å². The summed E-state index contributed by atoms with van der Waals surface area (Å²) in [7, 11) is 0. The van der Waals surface area contributed by atoms with Gasteiger partial charge < -0.3 is 10.2 Å². The number of carbonyl (C=O) groups excluding carboxylic acids is 1. The molecule has 0 amide bonds. The second-order valence-corrected chi connectivity index (χ2v) is 11.1. The molecule has 3 nitrogen and oxygen atoms in total. The molecule has 4 fully saturated rings. The highest BCUT2D eigenvalue weighted by Gasteiger charge is 2.61. The van der Waals surface area contributed by atoms with Gasteiger partial charge in [0.05, 0.1) is 0 Å². The van der Waals surface area contributed by atoms with Crippen LogP contribution in [-0.4, -0.2) is 27.7 Å². The smallest absolute Gasteiger partial charge is 0.133 e. The van der Waals surface area contributed by atoms with Gasteiger partial charge in [-0.3, -0.25) is 4.79 Å². The van der Waals surface area contributed by atoms with Crippen LogP contribution < -0.4 is 0 Å². The fourth-order valence-electron chi connectivity index (χ4n) is 8.27. The van der Waals surface area contributed by atoms with Crippen LogP contribution in [0.5, 0.6) is 0 Å². The minimum atomic E-state index is -0.926. The first-order chi connectivity index (χ1) is 13.1. The zero-order chi connectivity index (χ0) is 20.3. The number of aliphatic hydroxyl groups excluding tert-OH is 1. The first kappa shape index (κ1) is 20.4. The first-order valence-electron chi connectivity index (χ1n) is 11.5. The van der Waals surface area contributed by atoms with Crippen LogP contribution >= 0.6 is 0 Å². The van der Waals surface area contributed by atoms with Gasteiger partial charge in [0, 0.05) is 5.92 Å². The van der Waals surface area contributed by atoms with Gasteiger partial charge in [-0.05, 0) is 106 Å². The van der Waals surface area contributed by atoms with Gasteiger partial charge in [0.15, 0.2) is 0 Å². The highest BCUT2D eigenvalue weighted by atomic mass is 16.3. The SMILES string of the molecule is CC(=O)[C@H]1CC[C@H]2[C@@H]3CC[C@@H]4C[C@@](O)(C#C[C@@H](C)O)CC[C@]4(C)[C@H]3CC[C@]12C. The van der Waals surface area contributed by atoms with E-state index in [-0.39, 0.29) is 16.7 Å². The quantitative estimate of drug-likeness (QED) is 0.659. The van der Waals surface area contributed by atoms with E-state index in [1.807, 2.05) is 0 Å². The second kappa shape index (κ2) is 6.85. The van der Waals surface area contributed by atoms with Crippen LogP contribution in [0.4, 0.5) is 0 Å². The van der Waals surface area contributed by atoms with Crippen molar-refractivity contribution in [1.82, 2.24) is 0 Å². The van der Waals surface area contributed by atoms with Gasteiger partial charge in [-0.2, -0.15) is 0 Å². The summed E-state index contributed by atoms with van der Waals surface area (Å²) in [4.78, 5) is 12.3. The maximum absolute atomic E-state index is 12.3. The Bertz CT molecular complexity index is 702. The molecule has 4 aliphatic rings. The summed E-state index contributed by atoms with van der Waals surface area (Å²) in [6.45, 7) is 8.35. The van der Waals surface area contributed by atoms with E-state index < -0.39 is 11.7 Å². The van der Waals surface area contributed by atoms with E-state index in [2.05, 4.69) is 25.7 Å². The molecule has 0 aromatic carbocycles. The molecule has 0 bridgehead atoms. The Morgan fingerprint density at radius 1 is 1.00 bits per heavy atom. The van der Waals surface area contributed by atoms with Gasteiger partial charge in [-0.15, -0.1) is 0 Å². The molecule has 0 aliphatic heterocycles. The molecule has 0 heterocycles. The van der Waals surface area contributed by atoms with Gasteiger partial charge in [-0.25, -0.2) is 0 Å². The lowest BCUT2D eigenvalue weighted by Crippen LogP contribution is -2.56. The van der Waals surface area contributed by atoms with Crippen LogP contribution in [0.2, 0.25) is 0 Å². The number of rotatable bonds is 1. The highest BCUT2D eigenvalue weighted by molar-refractivity contribution is 5.79. The molecule has 28 heavy (non-hydrogen) atoms. The molecule has 4 aliphatic carbocycles. The van der Waals surface area contributed by atoms with E-state index in [1.54, 1.807) is 13.8 Å². The van der Waals surface area contributed by atoms with Crippen molar-refractivity contribution in [1.29, 1.82) is 0 Å². The first-order valence-corrected chi connectivity index (χ1v) is 11.5. The zero-order valence-electron chi connectivity index (χ0n) is 18.1. The van der Waals surface area contributed by atoms with Crippen LogP contribution in [0.3, 0.4) is 0 Å². The minimum absolute atomic E-state index is 0.217. The molecule has 9 atom stereocenters. The van der Waals surface area contributed by atoms with Crippen LogP contribution in [-0.2, 0) is 4.79 Å². The van der Waals surface area contributed by atoms with Crippen molar-refractivity contribution in [2.24, 2.45) is 40.4 Å². The topological polar surface area (TPSA) is 57.5 Å². The van der Waals surface area contributed by atoms with Gasteiger partial charge >= 0.3 is 0 Å². The summed E-state index contributed by atoms with van der Waals surface area (Å²) in [6.07, 6.45) is 9.00. The Kier molecular flexibility index (Phi) is 4.99. The third kappa shape index (κ3) is 3.07. The third-order valence-corrected chi connectivity index (χ3v) is 9.73. The summed E-state index contributed by atoms with van der Waals surface area (Å²) in [6, 6.07) is 0. The van der Waals surface area contributed by atoms with Crippen LogP contribution in [0.1, 0.15) is 85.5 Å². The predicted molar refractivity (Wildman–Crippen MR) is 110 cm³/mol. The van der Waals surface area contributed by atoms with Crippen molar-refractivity contribution in [2.75, 3.05) is 0 Å². The number of hydrogen-bond donors (Lipinski definition) is 2. The highest BCUT2D eigenvalue weighted by Crippen LogP contribution is 2.68. The Morgan fingerprint density at radius 2 is 1.71 bits per heavy atom. The molecule has 4 saturated carbocycles. The van der Waals surface area contributed by atoms with Crippen molar-refractivity contribution in [3.8, 4) is 11.8 Å². The van der Waals surface area contributed by atoms with Crippen molar-refractivity contribution >= 4 is 5.78 Å². The fourth-order valence-corrected chi connectivity index (χ4v) is 8.27. The van der Waals surface area contributed by atoms with Gasteiger partial charge in [0.1, 0.15) is 17.5 Å². The summed E-state index contributed by atoms with van der Waals surface area (Å²) >= 11 is 0. The van der Waals surface area contributed by atoms with E-state index in [4.69, 9.17) is 0 Å². The average molecular weight is 387 g/mol. The molecule has 4 rings (SSSR count). The molecule has 0 aromatic heterocycles. The number of Topliss-reactive ketones (excluding diaryl/α,β-unsaturated/α-hetero) is 1. The molecule has 0 saturated heterocycles. The zero-order valence-corrected chi connectivity index (χ0v) is 18.1. The van der Waals surface area contributed by atoms with Crippen molar-refractivity contribution in [3.63, 3.8) is 0 Å². The van der Waals surface area contributed by atoms with Gasteiger partial charge in [0.2, 0.25) is 0 Å². The largest absolute Gasteiger partial charge is 0.381 e. The lowest BCUT2D eigenvalue weighted by Gasteiger charge is -2.61. The summed E-state index contributed by atoms with van der Waals surface area (Å²) in [5, 5.41) is 20.5. The maximum atomic E-state index is 12.3. The predicted octanol–water partition coefficient (Wildman–Crippen LogP) is 4.35. The normalized spacial score (nSPS) is 51.1. The number of carbonyl (C=O) groups is 1. The van der Waals surface area contributed by atoms with E-state index in [0.29, 0.717) is 17.6 Å². The summed E-state index contributed by atoms with van der Waals surface area (Å²) in [5.74, 6) is 9.17. The molecule has 2 N–H and O–H groups in total. The molecule has 0 aromatic rings. The van der Waals surface area contributed by atoms with Gasteiger partial charge in [0.25, 0.3) is 0 Å². The Labute approximate surface area is 170 Å². The molecule has 156 valence electrons. The number of fused-ring (bicyclic) bond motifs is 5. The average Bonchev–Trinajstić information content (AvgIpc) is 2.98. The van der Waals surface area contributed by atoms with Crippen molar-refractivity contribution < 1.29 is 15.0 Å². The van der Waals surface area contributed by atoms with Crippen LogP contribution in [0, 0.1) is 52.3 Å². The Balaban J connectivity index is 1.55. The molecule has 3 heteroatoms. The third-order valence-electron chi connectivity index (χ3n) is 9.73. The van der Waals surface area contributed by atoms with E-state index in [1.165, 1.54) is 32.1 Å². The van der Waals surface area contributed by atoms with Crippen molar-refractivity contribution in [3.05, 3.63) is 0 Å². The van der Waals surface area contributed by atoms with Crippen LogP contribution in [0.25, 0.3) is 0 Å². The molecule has 0 spiro atoms. The second-order valence-electron chi connectivity index (χ2n) is 11.1. The molecular formula is C25H38O3. The maximum Gasteiger partial charge on any atom is 0.133 e. The van der Waals surface area contributed by atoms with E-state index >= 15 is 0 Å². The standard InChI is InChI=1S/C25H38O3/c1-16(26)9-12-25(28)14-13-23(3)18(15-25)5-6-19-21-8-7-20(17(2)27)24(21,4)11-10-22(19)23/h16,18-22,26,28H,5-8,10-11,13-15H2,1-4H3/t16-,18-,19+,20-,21+,22+,23+,24-,25-/m1/s1. The minimum Gasteiger partial charge on any atom is -0.381 e. The summed E-state index contributed by atoms with van der Waals surface area (Å²) < 4.78 is 0. The molecular weight excluding hydrogens is 348 g/mol.